The van der Waals surface area contributed by atoms with Gasteiger partial charge in [-0.25, -0.2) is 0 Å². The van der Waals surface area contributed by atoms with E-state index in [0.717, 1.165) is 39.0 Å². The number of benzene rings is 3. The molecule has 0 aliphatic heterocycles. The molecule has 1 aromatic heterocycles. The number of pyridine rings is 1. The molecular weight excluding hydrogens is 380 g/mol. The van der Waals surface area contributed by atoms with Crippen molar-refractivity contribution in [1.29, 1.82) is 0 Å². The number of nitrogens with zero attached hydrogens (tertiary/aromatic N) is 2. The topological polar surface area (TPSA) is 33.2 Å². The number of anilines is 1. The SMILES string of the molecule is Cc1ccc(-c2c(C(=O)/C=C\c3ccc(N(C)C)cc3)c(C)nc3ccccc23)cc1. The average Bonchev–Trinajstić information content (AvgIpc) is 2.77. The van der Waals surface area contributed by atoms with Crippen LogP contribution < -0.4 is 4.90 Å². The summed E-state index contributed by atoms with van der Waals surface area (Å²) in [6.07, 6.45) is 3.52. The second-order valence-corrected chi connectivity index (χ2v) is 8.01. The highest BCUT2D eigenvalue weighted by Crippen LogP contribution is 2.33. The summed E-state index contributed by atoms with van der Waals surface area (Å²) in [6.45, 7) is 3.98. The van der Waals surface area contributed by atoms with Gasteiger partial charge in [0.25, 0.3) is 0 Å². The van der Waals surface area contributed by atoms with E-state index in [1.165, 1.54) is 5.56 Å². The minimum absolute atomic E-state index is 0.0389. The Morgan fingerprint density at radius 2 is 1.55 bits per heavy atom. The lowest BCUT2D eigenvalue weighted by Gasteiger charge is -2.14. The first-order valence-corrected chi connectivity index (χ1v) is 10.4. The van der Waals surface area contributed by atoms with Gasteiger partial charge in [-0.2, -0.15) is 0 Å². The molecule has 0 aliphatic carbocycles. The Hall–Kier alpha value is -3.72. The van der Waals surface area contributed by atoms with Crippen molar-refractivity contribution in [3.05, 3.63) is 101 Å². The van der Waals surface area contributed by atoms with Crippen LogP contribution >= 0.6 is 0 Å². The van der Waals surface area contributed by atoms with Crippen molar-refractivity contribution < 1.29 is 4.79 Å². The van der Waals surface area contributed by atoms with Crippen molar-refractivity contribution in [3.8, 4) is 11.1 Å². The highest BCUT2D eigenvalue weighted by molar-refractivity contribution is 6.16. The van der Waals surface area contributed by atoms with Crippen molar-refractivity contribution in [2.24, 2.45) is 0 Å². The molecule has 0 N–H and O–H groups in total. The molecule has 4 aromatic rings. The quantitative estimate of drug-likeness (QED) is 0.281. The number of para-hydroxylation sites is 1. The van der Waals surface area contributed by atoms with E-state index < -0.39 is 0 Å². The number of aryl methyl sites for hydroxylation is 2. The molecule has 0 amide bonds. The number of fused-ring (bicyclic) bond motifs is 1. The number of aromatic nitrogens is 1. The number of hydrogen-bond donors (Lipinski definition) is 0. The van der Waals surface area contributed by atoms with E-state index in [9.17, 15) is 4.79 Å². The van der Waals surface area contributed by atoms with Crippen molar-refractivity contribution in [2.45, 2.75) is 13.8 Å². The van der Waals surface area contributed by atoms with Gasteiger partial charge in [-0.05, 0) is 49.2 Å². The van der Waals surface area contributed by atoms with E-state index in [0.29, 0.717) is 5.56 Å². The smallest absolute Gasteiger partial charge is 0.188 e. The minimum Gasteiger partial charge on any atom is -0.378 e. The van der Waals surface area contributed by atoms with Gasteiger partial charge in [0.05, 0.1) is 11.1 Å². The first-order chi connectivity index (χ1) is 14.9. The predicted octanol–water partition coefficient (Wildman–Crippen LogP) is 6.48. The monoisotopic (exact) mass is 406 g/mol. The van der Waals surface area contributed by atoms with Gasteiger partial charge in [0.2, 0.25) is 0 Å². The standard InChI is InChI=1S/C28H26N2O/c1-19-9-14-22(15-10-19)28-24-7-5-6-8-25(24)29-20(2)27(28)26(31)18-13-21-11-16-23(17-12-21)30(3)4/h5-18H,1-4H3/b18-13-. The van der Waals surface area contributed by atoms with Crippen molar-refractivity contribution in [1.82, 2.24) is 4.98 Å². The van der Waals surface area contributed by atoms with Crippen LogP contribution in [0.1, 0.15) is 27.2 Å². The Bertz CT molecular complexity index is 1270. The molecular formula is C28H26N2O. The molecule has 3 nitrogen and oxygen atoms in total. The van der Waals surface area contributed by atoms with Gasteiger partial charge in [0.1, 0.15) is 0 Å². The van der Waals surface area contributed by atoms with Crippen molar-refractivity contribution in [3.63, 3.8) is 0 Å². The highest BCUT2D eigenvalue weighted by atomic mass is 16.1. The van der Waals surface area contributed by atoms with Gasteiger partial charge in [0.15, 0.2) is 5.78 Å². The third-order valence-corrected chi connectivity index (χ3v) is 5.50. The minimum atomic E-state index is -0.0389. The molecule has 0 saturated heterocycles. The number of rotatable bonds is 5. The lowest BCUT2D eigenvalue weighted by molar-refractivity contribution is 0.104. The molecule has 0 aliphatic rings. The maximum Gasteiger partial charge on any atom is 0.188 e. The molecule has 0 fully saturated rings. The molecule has 1 heterocycles. The van der Waals surface area contributed by atoms with Crippen LogP contribution in [0, 0.1) is 13.8 Å². The zero-order valence-electron chi connectivity index (χ0n) is 18.4. The normalized spacial score (nSPS) is 11.2. The van der Waals surface area contributed by atoms with E-state index >= 15 is 0 Å². The summed E-state index contributed by atoms with van der Waals surface area (Å²) < 4.78 is 0. The molecule has 0 atom stereocenters. The summed E-state index contributed by atoms with van der Waals surface area (Å²) in [5, 5.41) is 0.990. The fourth-order valence-corrected chi connectivity index (χ4v) is 3.80. The summed E-state index contributed by atoms with van der Waals surface area (Å²) in [4.78, 5) is 20.2. The third kappa shape index (κ3) is 4.26. The molecule has 0 saturated carbocycles. The average molecular weight is 407 g/mol. The largest absolute Gasteiger partial charge is 0.378 e. The van der Waals surface area contributed by atoms with Crippen molar-refractivity contribution in [2.75, 3.05) is 19.0 Å². The zero-order valence-corrected chi connectivity index (χ0v) is 18.4. The summed E-state index contributed by atoms with van der Waals surface area (Å²) in [6, 6.07) is 24.5. The van der Waals surface area contributed by atoms with E-state index in [1.807, 2.05) is 75.6 Å². The van der Waals surface area contributed by atoms with E-state index in [1.54, 1.807) is 6.08 Å². The number of carbonyl (C=O) groups excluding carboxylic acids is 1. The molecule has 0 radical (unpaired) electrons. The van der Waals surface area contributed by atoms with Crippen LogP contribution in [0.15, 0.2) is 78.9 Å². The molecule has 31 heavy (non-hydrogen) atoms. The van der Waals surface area contributed by atoms with Gasteiger partial charge < -0.3 is 4.90 Å². The fourth-order valence-electron chi connectivity index (χ4n) is 3.80. The van der Waals surface area contributed by atoms with E-state index in [-0.39, 0.29) is 5.78 Å². The number of allylic oxidation sites excluding steroid dienone is 1. The number of hydrogen-bond acceptors (Lipinski definition) is 3. The second kappa shape index (κ2) is 8.57. The summed E-state index contributed by atoms with van der Waals surface area (Å²) >= 11 is 0. The van der Waals surface area contributed by atoms with Crippen LogP contribution in [0.3, 0.4) is 0 Å². The van der Waals surface area contributed by atoms with Crippen LogP contribution in [-0.2, 0) is 0 Å². The molecule has 0 unspecified atom stereocenters. The lowest BCUT2D eigenvalue weighted by atomic mass is 9.91. The Morgan fingerprint density at radius 1 is 0.871 bits per heavy atom. The third-order valence-electron chi connectivity index (χ3n) is 5.50. The first-order valence-electron chi connectivity index (χ1n) is 10.4. The summed E-state index contributed by atoms with van der Waals surface area (Å²) in [5.41, 5.74) is 7.57. The maximum atomic E-state index is 13.4. The Morgan fingerprint density at radius 3 is 2.23 bits per heavy atom. The van der Waals surface area contributed by atoms with Gasteiger partial charge in [-0.3, -0.25) is 9.78 Å². The maximum absolute atomic E-state index is 13.4. The van der Waals surface area contributed by atoms with Gasteiger partial charge in [-0.1, -0.05) is 66.2 Å². The van der Waals surface area contributed by atoms with Crippen LogP contribution in [0.4, 0.5) is 5.69 Å². The lowest BCUT2D eigenvalue weighted by Crippen LogP contribution is -2.08. The van der Waals surface area contributed by atoms with Crippen LogP contribution in [0.5, 0.6) is 0 Å². The summed E-state index contributed by atoms with van der Waals surface area (Å²) in [7, 11) is 4.02. The molecule has 154 valence electrons. The van der Waals surface area contributed by atoms with Crippen LogP contribution in [0.25, 0.3) is 28.1 Å². The predicted molar refractivity (Wildman–Crippen MR) is 131 cm³/mol. The number of carbonyl (C=O) groups is 1. The highest BCUT2D eigenvalue weighted by Gasteiger charge is 2.18. The van der Waals surface area contributed by atoms with Crippen LogP contribution in [0.2, 0.25) is 0 Å². The van der Waals surface area contributed by atoms with Crippen LogP contribution in [-0.4, -0.2) is 24.9 Å². The Labute approximate surface area is 183 Å². The zero-order chi connectivity index (χ0) is 22.0. The first kappa shape index (κ1) is 20.5. The second-order valence-electron chi connectivity index (χ2n) is 8.01. The van der Waals surface area contributed by atoms with Gasteiger partial charge in [-0.15, -0.1) is 0 Å². The van der Waals surface area contributed by atoms with E-state index in [2.05, 4.69) is 36.1 Å². The number of ketones is 1. The fraction of sp³-hybridized carbons (Fsp3) is 0.143. The Kier molecular flexibility index (Phi) is 5.68. The summed E-state index contributed by atoms with van der Waals surface area (Å²) in [5.74, 6) is -0.0389. The molecule has 4 rings (SSSR count). The molecule has 3 heteroatoms. The molecule has 0 bridgehead atoms. The Balaban J connectivity index is 1.80. The molecule has 3 aromatic carbocycles. The van der Waals surface area contributed by atoms with Crippen molar-refractivity contribution >= 4 is 28.4 Å². The van der Waals surface area contributed by atoms with Gasteiger partial charge in [0, 0.05) is 36.4 Å². The van der Waals surface area contributed by atoms with Gasteiger partial charge >= 0.3 is 0 Å². The molecule has 0 spiro atoms. The van der Waals surface area contributed by atoms with E-state index in [4.69, 9.17) is 4.98 Å².